The summed E-state index contributed by atoms with van der Waals surface area (Å²) in [7, 11) is 0. The molecule has 0 saturated heterocycles. The molecule has 0 unspecified atom stereocenters. The van der Waals surface area contributed by atoms with E-state index in [1.807, 2.05) is 26.0 Å². The van der Waals surface area contributed by atoms with E-state index in [1.165, 1.54) is 0 Å². The molecular weight excluding hydrogens is 216 g/mol. The molecule has 0 aliphatic heterocycles. The number of aliphatic imine (C=N–C) groups is 1. The highest BCUT2D eigenvalue weighted by molar-refractivity contribution is 6.06. The Morgan fingerprint density at radius 3 is 2.53 bits per heavy atom. The lowest BCUT2D eigenvalue weighted by Gasteiger charge is -2.10. The van der Waals surface area contributed by atoms with Gasteiger partial charge in [-0.2, -0.15) is 4.99 Å². The van der Waals surface area contributed by atoms with Gasteiger partial charge in [-0.15, -0.1) is 0 Å². The molecule has 1 heterocycles. The first kappa shape index (κ1) is 13.4. The largest absolute Gasteiger partial charge is 0.445 e. The van der Waals surface area contributed by atoms with Crippen molar-refractivity contribution in [3.63, 3.8) is 0 Å². The highest BCUT2D eigenvalue weighted by Crippen LogP contribution is 2.09. The Labute approximate surface area is 102 Å². The zero-order valence-electron chi connectivity index (χ0n) is 10.7. The van der Waals surface area contributed by atoms with Crippen LogP contribution in [0, 0.1) is 5.92 Å². The summed E-state index contributed by atoms with van der Waals surface area (Å²) < 4.78 is 5.01. The van der Waals surface area contributed by atoms with Crippen LogP contribution < -0.4 is 0 Å². The summed E-state index contributed by atoms with van der Waals surface area (Å²) in [5.74, 6) is 0.138. The van der Waals surface area contributed by atoms with Crippen LogP contribution in [0.4, 0.5) is 4.79 Å². The minimum Gasteiger partial charge on any atom is -0.445 e. The summed E-state index contributed by atoms with van der Waals surface area (Å²) >= 11 is 0. The van der Waals surface area contributed by atoms with Crippen LogP contribution in [0.3, 0.4) is 0 Å². The van der Waals surface area contributed by atoms with Gasteiger partial charge in [0.2, 0.25) is 0 Å². The number of ether oxygens (including phenoxy) is 1. The monoisotopic (exact) mass is 234 g/mol. The van der Waals surface area contributed by atoms with Crippen LogP contribution in [0.2, 0.25) is 0 Å². The van der Waals surface area contributed by atoms with Gasteiger partial charge in [0, 0.05) is 18.0 Å². The molecule has 1 amide bonds. The van der Waals surface area contributed by atoms with Crippen LogP contribution in [-0.2, 0) is 4.74 Å². The maximum Gasteiger partial charge on any atom is 0.434 e. The van der Waals surface area contributed by atoms with E-state index in [-0.39, 0.29) is 12.0 Å². The number of nitrogens with zero attached hydrogens (tertiary/aromatic N) is 2. The fraction of sp³-hybridized carbons (Fsp3) is 0.462. The molecule has 0 aromatic carbocycles. The summed E-state index contributed by atoms with van der Waals surface area (Å²) in [5, 5.41) is 0. The lowest BCUT2D eigenvalue weighted by molar-refractivity contribution is 0.126. The van der Waals surface area contributed by atoms with Crippen molar-refractivity contribution >= 4 is 11.8 Å². The average molecular weight is 234 g/mol. The Bertz CT molecular complexity index is 397. The molecule has 0 spiro atoms. The Hall–Kier alpha value is -1.71. The maximum atomic E-state index is 11.5. The Balaban J connectivity index is 2.94. The zero-order valence-corrected chi connectivity index (χ0v) is 10.7. The standard InChI is InChI=1S/C13H18N2O2/c1-9(2)12(11-6-5-7-14-8-11)15-13(16)17-10(3)4/h5-10H,1-4H3/b15-12-. The fourth-order valence-corrected chi connectivity index (χ4v) is 1.37. The summed E-state index contributed by atoms with van der Waals surface area (Å²) in [6.07, 6.45) is 2.68. The second-order valence-corrected chi connectivity index (χ2v) is 4.33. The van der Waals surface area contributed by atoms with Crippen LogP contribution >= 0.6 is 0 Å². The lowest BCUT2D eigenvalue weighted by atomic mass is 10.0. The van der Waals surface area contributed by atoms with Gasteiger partial charge in [0.05, 0.1) is 11.8 Å². The Morgan fingerprint density at radius 2 is 2.06 bits per heavy atom. The van der Waals surface area contributed by atoms with Crippen molar-refractivity contribution in [1.29, 1.82) is 0 Å². The first-order valence-electron chi connectivity index (χ1n) is 5.70. The van der Waals surface area contributed by atoms with Crippen molar-refractivity contribution < 1.29 is 9.53 Å². The number of carbonyl (C=O) groups is 1. The number of hydrogen-bond acceptors (Lipinski definition) is 3. The molecule has 0 aliphatic carbocycles. The predicted octanol–water partition coefficient (Wildman–Crippen LogP) is 3.07. The molecule has 92 valence electrons. The van der Waals surface area contributed by atoms with E-state index in [1.54, 1.807) is 26.2 Å². The van der Waals surface area contributed by atoms with Gasteiger partial charge in [-0.25, -0.2) is 4.79 Å². The second kappa shape index (κ2) is 6.13. The minimum atomic E-state index is -0.549. The van der Waals surface area contributed by atoms with Crippen LogP contribution in [-0.4, -0.2) is 22.9 Å². The zero-order chi connectivity index (χ0) is 12.8. The van der Waals surface area contributed by atoms with Gasteiger partial charge in [-0.1, -0.05) is 19.9 Å². The smallest absolute Gasteiger partial charge is 0.434 e. The molecule has 1 aromatic rings. The highest BCUT2D eigenvalue weighted by atomic mass is 16.6. The third kappa shape index (κ3) is 4.34. The van der Waals surface area contributed by atoms with E-state index in [9.17, 15) is 4.79 Å². The molecule has 17 heavy (non-hydrogen) atoms. The van der Waals surface area contributed by atoms with E-state index in [4.69, 9.17) is 4.74 Å². The van der Waals surface area contributed by atoms with Crippen molar-refractivity contribution in [2.75, 3.05) is 0 Å². The summed E-state index contributed by atoms with van der Waals surface area (Å²) in [5.41, 5.74) is 1.55. The second-order valence-electron chi connectivity index (χ2n) is 4.33. The first-order valence-corrected chi connectivity index (χ1v) is 5.70. The van der Waals surface area contributed by atoms with Crippen molar-refractivity contribution in [2.45, 2.75) is 33.8 Å². The quantitative estimate of drug-likeness (QED) is 0.755. The normalized spacial score (nSPS) is 12.0. The third-order valence-corrected chi connectivity index (χ3v) is 2.05. The number of rotatable bonds is 3. The van der Waals surface area contributed by atoms with Gasteiger partial charge in [0.25, 0.3) is 0 Å². The SMILES string of the molecule is CC(C)OC(=O)/N=C(\c1cccnc1)C(C)C. The van der Waals surface area contributed by atoms with Crippen LogP contribution in [0.5, 0.6) is 0 Å². The molecule has 0 saturated carbocycles. The number of pyridine rings is 1. The fourth-order valence-electron chi connectivity index (χ4n) is 1.37. The first-order chi connectivity index (χ1) is 8.00. The molecule has 4 nitrogen and oxygen atoms in total. The number of hydrogen-bond donors (Lipinski definition) is 0. The molecule has 4 heteroatoms. The Morgan fingerprint density at radius 1 is 1.35 bits per heavy atom. The predicted molar refractivity (Wildman–Crippen MR) is 67.2 cm³/mol. The Kier molecular flexibility index (Phi) is 4.82. The number of carbonyl (C=O) groups excluding carboxylic acids is 1. The topological polar surface area (TPSA) is 51.5 Å². The van der Waals surface area contributed by atoms with E-state index in [0.717, 1.165) is 5.56 Å². The summed E-state index contributed by atoms with van der Waals surface area (Å²) in [4.78, 5) is 19.5. The maximum absolute atomic E-state index is 11.5. The van der Waals surface area contributed by atoms with Gasteiger partial charge in [0.15, 0.2) is 0 Å². The van der Waals surface area contributed by atoms with Gasteiger partial charge >= 0.3 is 6.09 Å². The number of aromatic nitrogens is 1. The van der Waals surface area contributed by atoms with Crippen LogP contribution in [0.1, 0.15) is 33.3 Å². The molecular formula is C13H18N2O2. The van der Waals surface area contributed by atoms with E-state index in [0.29, 0.717) is 5.71 Å². The van der Waals surface area contributed by atoms with Crippen LogP contribution in [0.15, 0.2) is 29.5 Å². The summed E-state index contributed by atoms with van der Waals surface area (Å²) in [6, 6.07) is 3.70. The van der Waals surface area contributed by atoms with E-state index in [2.05, 4.69) is 9.98 Å². The van der Waals surface area contributed by atoms with E-state index < -0.39 is 6.09 Å². The molecule has 0 bridgehead atoms. The lowest BCUT2D eigenvalue weighted by Crippen LogP contribution is -2.15. The number of amides is 1. The van der Waals surface area contributed by atoms with Crippen LogP contribution in [0.25, 0.3) is 0 Å². The van der Waals surface area contributed by atoms with Gasteiger partial charge in [0.1, 0.15) is 0 Å². The molecule has 0 aliphatic rings. The van der Waals surface area contributed by atoms with Gasteiger partial charge in [-0.05, 0) is 25.8 Å². The molecule has 1 rings (SSSR count). The molecule has 0 fully saturated rings. The molecule has 0 atom stereocenters. The van der Waals surface area contributed by atoms with Gasteiger partial charge in [-0.3, -0.25) is 4.98 Å². The summed E-state index contributed by atoms with van der Waals surface area (Å²) in [6.45, 7) is 7.56. The van der Waals surface area contributed by atoms with Crippen molar-refractivity contribution in [2.24, 2.45) is 10.9 Å². The minimum absolute atomic E-state index is 0.138. The van der Waals surface area contributed by atoms with Crippen molar-refractivity contribution in [3.8, 4) is 0 Å². The molecule has 1 aromatic heterocycles. The van der Waals surface area contributed by atoms with Crippen molar-refractivity contribution in [1.82, 2.24) is 4.98 Å². The highest BCUT2D eigenvalue weighted by Gasteiger charge is 2.12. The molecule has 0 N–H and O–H groups in total. The molecule has 0 radical (unpaired) electrons. The van der Waals surface area contributed by atoms with Crippen molar-refractivity contribution in [3.05, 3.63) is 30.1 Å². The average Bonchev–Trinajstić information content (AvgIpc) is 2.25. The van der Waals surface area contributed by atoms with E-state index >= 15 is 0 Å². The third-order valence-electron chi connectivity index (χ3n) is 2.05. The van der Waals surface area contributed by atoms with Gasteiger partial charge < -0.3 is 4.74 Å².